The lowest BCUT2D eigenvalue weighted by atomic mass is 10.4. The molecule has 5 nitrogen and oxygen atoms in total. The number of methoxy groups -OCH3 is 1. The molecule has 1 aromatic rings. The molecule has 0 radical (unpaired) electrons. The highest BCUT2D eigenvalue weighted by molar-refractivity contribution is 5.31. The molecule has 1 N–H and O–H groups in total. The summed E-state index contributed by atoms with van der Waals surface area (Å²) < 4.78 is 5.10. The van der Waals surface area contributed by atoms with Gasteiger partial charge in [0.2, 0.25) is 11.8 Å². The third-order valence-electron chi connectivity index (χ3n) is 2.43. The van der Waals surface area contributed by atoms with Crippen molar-refractivity contribution in [2.75, 3.05) is 31.6 Å². The fraction of sp³-hybridized carbons (Fsp3) is 0.667. The van der Waals surface area contributed by atoms with Crippen LogP contribution in [-0.2, 0) is 0 Å². The molecule has 0 unspecified atom stereocenters. The van der Waals surface area contributed by atoms with E-state index in [-0.39, 0.29) is 0 Å². The molecule has 0 fully saturated rings. The molecule has 0 spiro atoms. The minimum Gasteiger partial charge on any atom is -0.481 e. The number of aromatic nitrogens is 2. The van der Waals surface area contributed by atoms with Crippen molar-refractivity contribution in [3.63, 3.8) is 0 Å². The number of likely N-dealkylation sites (N-methyl/N-ethyl adjacent to an activating group) is 1. The maximum Gasteiger partial charge on any atom is 0.228 e. The number of anilines is 1. The van der Waals surface area contributed by atoms with Gasteiger partial charge in [0.25, 0.3) is 0 Å². The van der Waals surface area contributed by atoms with E-state index in [1.165, 1.54) is 0 Å². The third-order valence-corrected chi connectivity index (χ3v) is 2.43. The summed E-state index contributed by atoms with van der Waals surface area (Å²) in [4.78, 5) is 10.7. The lowest BCUT2D eigenvalue weighted by molar-refractivity contribution is 0.396. The predicted molar refractivity (Wildman–Crippen MR) is 69.6 cm³/mol. The van der Waals surface area contributed by atoms with Crippen LogP contribution in [0.3, 0.4) is 0 Å². The molecule has 0 atom stereocenters. The molecule has 0 bridgehead atoms. The van der Waals surface area contributed by atoms with Crippen LogP contribution < -0.4 is 15.0 Å². The van der Waals surface area contributed by atoms with Crippen LogP contribution in [0.4, 0.5) is 5.95 Å². The minimum absolute atomic E-state index is 0.500. The number of rotatable bonds is 7. The van der Waals surface area contributed by atoms with E-state index >= 15 is 0 Å². The second kappa shape index (κ2) is 7.06. The van der Waals surface area contributed by atoms with E-state index in [1.54, 1.807) is 19.4 Å². The zero-order chi connectivity index (χ0) is 12.7. The van der Waals surface area contributed by atoms with E-state index in [9.17, 15) is 0 Å². The highest BCUT2D eigenvalue weighted by Crippen LogP contribution is 2.11. The van der Waals surface area contributed by atoms with E-state index in [4.69, 9.17) is 4.74 Å². The first-order chi connectivity index (χ1) is 8.17. The fourth-order valence-corrected chi connectivity index (χ4v) is 1.49. The molecule has 17 heavy (non-hydrogen) atoms. The average Bonchev–Trinajstić information content (AvgIpc) is 2.34. The Morgan fingerprint density at radius 3 is 2.82 bits per heavy atom. The number of ether oxygens (including phenoxy) is 1. The van der Waals surface area contributed by atoms with Crippen molar-refractivity contribution < 1.29 is 4.74 Å². The van der Waals surface area contributed by atoms with E-state index in [2.05, 4.69) is 41.0 Å². The van der Waals surface area contributed by atoms with Crippen LogP contribution in [0.25, 0.3) is 0 Å². The summed E-state index contributed by atoms with van der Waals surface area (Å²) in [5.74, 6) is 1.32. The zero-order valence-corrected chi connectivity index (χ0v) is 11.1. The summed E-state index contributed by atoms with van der Waals surface area (Å²) in [6.07, 6.45) is 1.72. The quantitative estimate of drug-likeness (QED) is 0.776. The Hall–Kier alpha value is -1.36. The Morgan fingerprint density at radius 2 is 2.24 bits per heavy atom. The van der Waals surface area contributed by atoms with Gasteiger partial charge in [0, 0.05) is 37.9 Å². The van der Waals surface area contributed by atoms with Crippen molar-refractivity contribution in [2.24, 2.45) is 0 Å². The van der Waals surface area contributed by atoms with E-state index in [0.29, 0.717) is 11.9 Å². The van der Waals surface area contributed by atoms with Crippen molar-refractivity contribution in [1.29, 1.82) is 0 Å². The van der Waals surface area contributed by atoms with Crippen LogP contribution in [0.5, 0.6) is 5.88 Å². The van der Waals surface area contributed by atoms with E-state index < -0.39 is 0 Å². The SMILES string of the molecule is CCN(CCNC(C)C)c1nccc(OC)n1. The molecule has 0 saturated heterocycles. The van der Waals surface area contributed by atoms with Gasteiger partial charge in [-0.25, -0.2) is 4.98 Å². The maximum atomic E-state index is 5.10. The Balaban J connectivity index is 2.59. The van der Waals surface area contributed by atoms with Crippen molar-refractivity contribution >= 4 is 5.95 Å². The van der Waals surface area contributed by atoms with Gasteiger partial charge in [-0.15, -0.1) is 0 Å². The van der Waals surface area contributed by atoms with Crippen molar-refractivity contribution in [2.45, 2.75) is 26.8 Å². The Kier molecular flexibility index (Phi) is 5.69. The molecule has 0 aliphatic heterocycles. The van der Waals surface area contributed by atoms with Gasteiger partial charge in [-0.05, 0) is 6.92 Å². The number of nitrogens with one attached hydrogen (secondary N) is 1. The number of hydrogen-bond donors (Lipinski definition) is 1. The summed E-state index contributed by atoms with van der Waals surface area (Å²) in [6, 6.07) is 2.25. The molecular weight excluding hydrogens is 216 g/mol. The van der Waals surface area contributed by atoms with Crippen LogP contribution in [0.15, 0.2) is 12.3 Å². The molecule has 5 heteroatoms. The van der Waals surface area contributed by atoms with Gasteiger partial charge in [-0.2, -0.15) is 4.98 Å². The predicted octanol–water partition coefficient (Wildman–Crippen LogP) is 1.31. The van der Waals surface area contributed by atoms with Gasteiger partial charge in [0.05, 0.1) is 7.11 Å². The molecule has 0 aliphatic carbocycles. The second-order valence-corrected chi connectivity index (χ2v) is 4.09. The first-order valence-electron chi connectivity index (χ1n) is 6.02. The van der Waals surface area contributed by atoms with Gasteiger partial charge in [-0.3, -0.25) is 0 Å². The van der Waals surface area contributed by atoms with Gasteiger partial charge in [0.1, 0.15) is 0 Å². The standard InChI is InChI=1S/C12H22N4O/c1-5-16(9-8-13-10(2)3)12-14-7-6-11(15-12)17-4/h6-7,10,13H,5,8-9H2,1-4H3. The van der Waals surface area contributed by atoms with Crippen LogP contribution in [0.1, 0.15) is 20.8 Å². The summed E-state index contributed by atoms with van der Waals surface area (Å²) in [7, 11) is 1.61. The molecule has 0 amide bonds. The first kappa shape index (κ1) is 13.7. The van der Waals surface area contributed by atoms with Crippen LogP contribution >= 0.6 is 0 Å². The molecule has 1 heterocycles. The van der Waals surface area contributed by atoms with Crippen molar-refractivity contribution in [3.8, 4) is 5.88 Å². The topological polar surface area (TPSA) is 50.3 Å². The Bertz CT molecular complexity index is 330. The first-order valence-corrected chi connectivity index (χ1v) is 6.02. The van der Waals surface area contributed by atoms with Crippen LogP contribution in [0.2, 0.25) is 0 Å². The van der Waals surface area contributed by atoms with E-state index in [1.807, 2.05) is 0 Å². The lowest BCUT2D eigenvalue weighted by Gasteiger charge is -2.21. The maximum absolute atomic E-state index is 5.10. The highest BCUT2D eigenvalue weighted by Gasteiger charge is 2.08. The molecule has 0 aromatic carbocycles. The molecule has 0 aliphatic rings. The summed E-state index contributed by atoms with van der Waals surface area (Å²) in [5.41, 5.74) is 0. The largest absolute Gasteiger partial charge is 0.481 e. The molecule has 96 valence electrons. The Labute approximate surface area is 103 Å². The monoisotopic (exact) mass is 238 g/mol. The van der Waals surface area contributed by atoms with Gasteiger partial charge in [0.15, 0.2) is 0 Å². The van der Waals surface area contributed by atoms with Gasteiger partial charge in [-0.1, -0.05) is 13.8 Å². The summed E-state index contributed by atoms with van der Waals surface area (Å²) in [6.45, 7) is 9.07. The van der Waals surface area contributed by atoms with Crippen LogP contribution in [-0.4, -0.2) is 42.8 Å². The highest BCUT2D eigenvalue weighted by atomic mass is 16.5. The molecular formula is C12H22N4O. The minimum atomic E-state index is 0.500. The smallest absolute Gasteiger partial charge is 0.228 e. The van der Waals surface area contributed by atoms with Gasteiger partial charge < -0.3 is 15.0 Å². The second-order valence-electron chi connectivity index (χ2n) is 4.09. The lowest BCUT2D eigenvalue weighted by Crippen LogP contribution is -2.35. The van der Waals surface area contributed by atoms with Crippen molar-refractivity contribution in [1.82, 2.24) is 15.3 Å². The number of hydrogen-bond acceptors (Lipinski definition) is 5. The van der Waals surface area contributed by atoms with Gasteiger partial charge >= 0.3 is 0 Å². The molecule has 0 saturated carbocycles. The molecule has 1 aromatic heterocycles. The normalized spacial score (nSPS) is 10.6. The average molecular weight is 238 g/mol. The molecule has 1 rings (SSSR count). The van der Waals surface area contributed by atoms with Crippen LogP contribution in [0, 0.1) is 0 Å². The third kappa shape index (κ3) is 4.56. The number of nitrogens with zero attached hydrogens (tertiary/aromatic N) is 3. The summed E-state index contributed by atoms with van der Waals surface area (Å²) in [5, 5.41) is 3.38. The fourth-order valence-electron chi connectivity index (χ4n) is 1.49. The Morgan fingerprint density at radius 1 is 1.47 bits per heavy atom. The van der Waals surface area contributed by atoms with E-state index in [0.717, 1.165) is 25.6 Å². The zero-order valence-electron chi connectivity index (χ0n) is 11.1. The van der Waals surface area contributed by atoms with Crippen molar-refractivity contribution in [3.05, 3.63) is 12.3 Å². The summed E-state index contributed by atoms with van der Waals surface area (Å²) >= 11 is 0.